The van der Waals surface area contributed by atoms with Crippen molar-refractivity contribution in [1.29, 1.82) is 0 Å². The first kappa shape index (κ1) is 6.95. The first-order chi connectivity index (χ1) is 4.50. The van der Waals surface area contributed by atoms with Crippen LogP contribution >= 0.6 is 0 Å². The van der Waals surface area contributed by atoms with Crippen LogP contribution in [-0.2, 0) is 19.9 Å². The highest BCUT2D eigenvalue weighted by molar-refractivity contribution is 4.37. The van der Waals surface area contributed by atoms with Crippen molar-refractivity contribution in [2.45, 2.75) is 19.3 Å². The summed E-state index contributed by atoms with van der Waals surface area (Å²) in [5, 5.41) is 8.26. The van der Waals surface area contributed by atoms with Crippen LogP contribution in [0, 0.1) is 0 Å². The lowest BCUT2D eigenvalue weighted by Gasteiger charge is -1.95. The molecule has 0 aromatic carbocycles. The van der Waals surface area contributed by atoms with Crippen LogP contribution in [-0.4, -0.2) is 13.2 Å². The maximum Gasteiger partial charge on any atom is 0.0855 e. The van der Waals surface area contributed by atoms with E-state index in [2.05, 4.69) is 19.9 Å². The molecule has 0 amide bonds. The molecule has 0 bridgehead atoms. The average molecular weight is 134 g/mol. The van der Waals surface area contributed by atoms with Gasteiger partial charge in [-0.15, -0.1) is 0 Å². The number of hydrogen-bond acceptors (Lipinski definition) is 4. The van der Waals surface area contributed by atoms with Crippen molar-refractivity contribution in [3.05, 3.63) is 0 Å². The summed E-state index contributed by atoms with van der Waals surface area (Å²) in [6.45, 7) is 1.15. The Bertz CT molecular complexity index is 37.4. The van der Waals surface area contributed by atoms with Gasteiger partial charge in [0.25, 0.3) is 0 Å². The fourth-order valence-corrected chi connectivity index (χ4v) is 0.606. The normalized spacial score (nSPS) is 24.0. The lowest BCUT2D eigenvalue weighted by molar-refractivity contribution is -0.632. The first-order valence-electron chi connectivity index (χ1n) is 3.08. The van der Waals surface area contributed by atoms with E-state index in [1.807, 2.05) is 0 Å². The Balaban J connectivity index is 2.02. The largest absolute Gasteiger partial charge is 0.204 e. The van der Waals surface area contributed by atoms with E-state index in [1.54, 1.807) is 0 Å². The SMILES string of the molecule is C1CCOOOOCC1. The third-order valence-corrected chi connectivity index (χ3v) is 1.08. The zero-order chi connectivity index (χ0) is 6.36. The van der Waals surface area contributed by atoms with Crippen molar-refractivity contribution in [2.24, 2.45) is 0 Å². The van der Waals surface area contributed by atoms with Crippen molar-refractivity contribution in [3.63, 3.8) is 0 Å². The Kier molecular flexibility index (Phi) is 3.63. The standard InChI is InChI=1S/C5H10O4/c1-2-4-6-8-9-7-5-3-1/h1-5H2. The summed E-state index contributed by atoms with van der Waals surface area (Å²) in [5.41, 5.74) is 0. The molecule has 1 heterocycles. The third-order valence-electron chi connectivity index (χ3n) is 1.08. The Morgan fingerprint density at radius 2 is 1.22 bits per heavy atom. The topological polar surface area (TPSA) is 36.9 Å². The highest BCUT2D eigenvalue weighted by Crippen LogP contribution is 2.00. The molecule has 1 aliphatic rings. The fraction of sp³-hybridized carbons (Fsp3) is 1.00. The minimum atomic E-state index is 0.573. The molecule has 0 N–H and O–H groups in total. The van der Waals surface area contributed by atoms with Gasteiger partial charge in [0.05, 0.1) is 13.2 Å². The molecule has 0 aliphatic carbocycles. The molecule has 54 valence electrons. The van der Waals surface area contributed by atoms with Crippen LogP contribution in [0.25, 0.3) is 0 Å². The average Bonchev–Trinajstić information content (AvgIpc) is 2.00. The summed E-state index contributed by atoms with van der Waals surface area (Å²) in [4.78, 5) is 9.01. The number of rotatable bonds is 0. The van der Waals surface area contributed by atoms with Gasteiger partial charge in [0.2, 0.25) is 0 Å². The highest BCUT2D eigenvalue weighted by Gasteiger charge is 1.97. The number of hydrogen-bond donors (Lipinski definition) is 0. The van der Waals surface area contributed by atoms with Crippen LogP contribution in [0.1, 0.15) is 19.3 Å². The third kappa shape index (κ3) is 3.42. The lowest BCUT2D eigenvalue weighted by Crippen LogP contribution is -1.96. The van der Waals surface area contributed by atoms with Crippen molar-refractivity contribution in [1.82, 2.24) is 0 Å². The molecule has 0 radical (unpaired) electrons. The first-order valence-corrected chi connectivity index (χ1v) is 3.08. The van der Waals surface area contributed by atoms with Gasteiger partial charge in [-0.3, -0.25) is 0 Å². The molecule has 0 aromatic heterocycles. The second-order valence-corrected chi connectivity index (χ2v) is 1.84. The molecule has 0 spiro atoms. The second kappa shape index (κ2) is 4.69. The van der Waals surface area contributed by atoms with Crippen molar-refractivity contribution < 1.29 is 19.9 Å². The van der Waals surface area contributed by atoms with Gasteiger partial charge in [0.15, 0.2) is 0 Å². The summed E-state index contributed by atoms with van der Waals surface area (Å²) in [5.74, 6) is 0. The summed E-state index contributed by atoms with van der Waals surface area (Å²) in [7, 11) is 0. The van der Waals surface area contributed by atoms with Crippen LogP contribution in [0.3, 0.4) is 0 Å². The lowest BCUT2D eigenvalue weighted by atomic mass is 10.2. The predicted molar refractivity (Wildman–Crippen MR) is 27.9 cm³/mol. The maximum atomic E-state index is 4.51. The Morgan fingerprint density at radius 1 is 0.667 bits per heavy atom. The predicted octanol–water partition coefficient (Wildman–Crippen LogP) is 0.982. The van der Waals surface area contributed by atoms with E-state index in [9.17, 15) is 0 Å². The van der Waals surface area contributed by atoms with Gasteiger partial charge in [-0.25, -0.2) is 9.78 Å². The zero-order valence-corrected chi connectivity index (χ0v) is 5.17. The van der Waals surface area contributed by atoms with Crippen LogP contribution in [0.4, 0.5) is 0 Å². The van der Waals surface area contributed by atoms with Gasteiger partial charge >= 0.3 is 0 Å². The zero-order valence-electron chi connectivity index (χ0n) is 5.17. The highest BCUT2D eigenvalue weighted by atomic mass is 17.7. The monoisotopic (exact) mass is 134 g/mol. The maximum absolute atomic E-state index is 4.51. The van der Waals surface area contributed by atoms with Gasteiger partial charge in [-0.05, 0) is 29.3 Å². The van der Waals surface area contributed by atoms with Crippen LogP contribution in [0.5, 0.6) is 0 Å². The molecular weight excluding hydrogens is 124 g/mol. The molecule has 4 nitrogen and oxygen atoms in total. The summed E-state index contributed by atoms with van der Waals surface area (Å²) in [6.07, 6.45) is 3.08. The Morgan fingerprint density at radius 3 is 1.78 bits per heavy atom. The van der Waals surface area contributed by atoms with E-state index in [-0.39, 0.29) is 0 Å². The fourth-order valence-electron chi connectivity index (χ4n) is 0.606. The molecule has 1 rings (SSSR count). The summed E-state index contributed by atoms with van der Waals surface area (Å²) < 4.78 is 0. The molecule has 4 heteroatoms. The van der Waals surface area contributed by atoms with E-state index >= 15 is 0 Å². The van der Waals surface area contributed by atoms with Gasteiger partial charge in [0.1, 0.15) is 0 Å². The summed E-state index contributed by atoms with van der Waals surface area (Å²) in [6, 6.07) is 0. The Hall–Kier alpha value is -0.160. The Labute approximate surface area is 53.4 Å². The molecule has 9 heavy (non-hydrogen) atoms. The molecule has 1 fully saturated rings. The van der Waals surface area contributed by atoms with E-state index in [1.165, 1.54) is 0 Å². The minimum absolute atomic E-state index is 0.573. The minimum Gasteiger partial charge on any atom is -0.204 e. The van der Waals surface area contributed by atoms with Gasteiger partial charge < -0.3 is 0 Å². The quantitative estimate of drug-likeness (QED) is 0.463. The van der Waals surface area contributed by atoms with E-state index in [0.29, 0.717) is 13.2 Å². The summed E-state index contributed by atoms with van der Waals surface area (Å²) >= 11 is 0. The molecule has 0 atom stereocenters. The smallest absolute Gasteiger partial charge is 0.0855 e. The van der Waals surface area contributed by atoms with Crippen molar-refractivity contribution >= 4 is 0 Å². The molecule has 0 saturated carbocycles. The van der Waals surface area contributed by atoms with E-state index < -0.39 is 0 Å². The van der Waals surface area contributed by atoms with Crippen LogP contribution in [0.2, 0.25) is 0 Å². The molecule has 1 aliphatic heterocycles. The molecule has 0 aromatic rings. The van der Waals surface area contributed by atoms with Crippen molar-refractivity contribution in [3.8, 4) is 0 Å². The van der Waals surface area contributed by atoms with Gasteiger partial charge in [-0.1, -0.05) is 0 Å². The molecular formula is C5H10O4. The van der Waals surface area contributed by atoms with Crippen LogP contribution < -0.4 is 0 Å². The van der Waals surface area contributed by atoms with Gasteiger partial charge in [0, 0.05) is 0 Å². The van der Waals surface area contributed by atoms with Crippen molar-refractivity contribution in [2.75, 3.05) is 13.2 Å². The molecule has 1 saturated heterocycles. The second-order valence-electron chi connectivity index (χ2n) is 1.84. The van der Waals surface area contributed by atoms with Gasteiger partial charge in [-0.2, -0.15) is 0 Å². The van der Waals surface area contributed by atoms with E-state index in [4.69, 9.17) is 0 Å². The molecule has 0 unspecified atom stereocenters. The van der Waals surface area contributed by atoms with Crippen LogP contribution in [0.15, 0.2) is 0 Å². The van der Waals surface area contributed by atoms with E-state index in [0.717, 1.165) is 19.3 Å².